The number of carbonyl (C=O) groups is 1. The molecule has 3 rings (SSSR count). The van der Waals surface area contributed by atoms with E-state index in [1.54, 1.807) is 11.1 Å². The smallest absolute Gasteiger partial charge is 0.253 e. The molecule has 5 nitrogen and oxygen atoms in total. The number of hydrogen-bond acceptors (Lipinski definition) is 4. The van der Waals surface area contributed by atoms with Crippen molar-refractivity contribution in [3.8, 4) is 0 Å². The Balaban J connectivity index is 1.69. The van der Waals surface area contributed by atoms with Crippen LogP contribution in [0.2, 0.25) is 0 Å². The Morgan fingerprint density at radius 2 is 2.04 bits per heavy atom. The number of aromatic nitrogens is 1. The monoisotopic (exact) mass is 338 g/mol. The van der Waals surface area contributed by atoms with Crippen molar-refractivity contribution in [3.05, 3.63) is 59.4 Å². The fraction of sp³-hybridized carbons (Fsp3) is 0.400. The molecule has 1 aromatic carbocycles. The first-order valence-electron chi connectivity index (χ1n) is 8.86. The van der Waals surface area contributed by atoms with Gasteiger partial charge in [-0.05, 0) is 42.8 Å². The van der Waals surface area contributed by atoms with Gasteiger partial charge in [0.2, 0.25) is 0 Å². The molecule has 25 heavy (non-hydrogen) atoms. The lowest BCUT2D eigenvalue weighted by molar-refractivity contribution is 0.0796. The minimum Gasteiger partial charge on any atom is -0.369 e. The number of rotatable bonds is 5. The Hall–Kier alpha value is -2.40. The second-order valence-corrected chi connectivity index (χ2v) is 6.59. The third-order valence-corrected chi connectivity index (χ3v) is 4.57. The molecule has 0 spiro atoms. The molecule has 1 aliphatic rings. The van der Waals surface area contributed by atoms with Gasteiger partial charge in [-0.1, -0.05) is 6.07 Å². The largest absolute Gasteiger partial charge is 0.369 e. The second-order valence-electron chi connectivity index (χ2n) is 6.59. The van der Waals surface area contributed by atoms with Crippen molar-refractivity contribution in [1.82, 2.24) is 15.2 Å². The van der Waals surface area contributed by atoms with Crippen LogP contribution in [0.5, 0.6) is 0 Å². The van der Waals surface area contributed by atoms with Gasteiger partial charge in [-0.15, -0.1) is 0 Å². The topological polar surface area (TPSA) is 48.5 Å². The number of nitrogens with one attached hydrogen (secondary N) is 1. The van der Waals surface area contributed by atoms with Gasteiger partial charge in [-0.3, -0.25) is 9.78 Å². The standard InChI is InChI=1S/C20H26N4O/c1-16-13-17(15-19(14-16)24-11-8-21-9-12-24)20(25)23(2)10-6-18-5-3-4-7-22-18/h3-5,7,13-15,21H,6,8-12H2,1-2H3. The van der Waals surface area contributed by atoms with Crippen molar-refractivity contribution in [1.29, 1.82) is 0 Å². The third kappa shape index (κ3) is 4.57. The number of pyridine rings is 1. The first-order chi connectivity index (χ1) is 12.1. The number of anilines is 1. The molecule has 2 aromatic rings. The van der Waals surface area contributed by atoms with E-state index in [-0.39, 0.29) is 5.91 Å². The van der Waals surface area contributed by atoms with Crippen molar-refractivity contribution in [2.45, 2.75) is 13.3 Å². The Labute approximate surface area is 149 Å². The van der Waals surface area contributed by atoms with Gasteiger partial charge in [-0.2, -0.15) is 0 Å². The van der Waals surface area contributed by atoms with E-state index in [0.29, 0.717) is 6.54 Å². The minimum absolute atomic E-state index is 0.0658. The molecular weight excluding hydrogens is 312 g/mol. The Bertz CT molecular complexity index is 711. The summed E-state index contributed by atoms with van der Waals surface area (Å²) >= 11 is 0. The van der Waals surface area contributed by atoms with Crippen molar-refractivity contribution in [2.24, 2.45) is 0 Å². The van der Waals surface area contributed by atoms with E-state index in [1.807, 2.05) is 37.4 Å². The summed E-state index contributed by atoms with van der Waals surface area (Å²) in [7, 11) is 1.86. The maximum atomic E-state index is 12.8. The predicted molar refractivity (Wildman–Crippen MR) is 101 cm³/mol. The normalized spacial score (nSPS) is 14.4. The predicted octanol–water partition coefficient (Wildman–Crippen LogP) is 2.11. The van der Waals surface area contributed by atoms with E-state index in [1.165, 1.54) is 0 Å². The first-order valence-corrected chi connectivity index (χ1v) is 8.86. The summed E-state index contributed by atoms with van der Waals surface area (Å²) in [4.78, 5) is 21.3. The molecule has 1 amide bonds. The van der Waals surface area contributed by atoms with Crippen LogP contribution in [0.15, 0.2) is 42.6 Å². The number of likely N-dealkylation sites (N-methyl/N-ethyl adjacent to an activating group) is 1. The molecule has 0 saturated carbocycles. The highest BCUT2D eigenvalue weighted by Gasteiger charge is 2.16. The number of carbonyl (C=O) groups excluding carboxylic acids is 1. The number of hydrogen-bond donors (Lipinski definition) is 1. The second kappa shape index (κ2) is 8.12. The van der Waals surface area contributed by atoms with Gasteiger partial charge >= 0.3 is 0 Å². The van der Waals surface area contributed by atoms with E-state index in [2.05, 4.69) is 28.2 Å². The quantitative estimate of drug-likeness (QED) is 0.907. The average molecular weight is 338 g/mol. The average Bonchev–Trinajstić information content (AvgIpc) is 2.66. The lowest BCUT2D eigenvalue weighted by Gasteiger charge is -2.30. The SMILES string of the molecule is Cc1cc(C(=O)N(C)CCc2ccccn2)cc(N2CCNCC2)c1. The summed E-state index contributed by atoms with van der Waals surface area (Å²) in [5.41, 5.74) is 4.03. The van der Waals surface area contributed by atoms with Crippen LogP contribution in [-0.2, 0) is 6.42 Å². The van der Waals surface area contributed by atoms with Crippen LogP contribution in [0.25, 0.3) is 0 Å². The maximum absolute atomic E-state index is 12.8. The van der Waals surface area contributed by atoms with Crippen LogP contribution >= 0.6 is 0 Å². The van der Waals surface area contributed by atoms with E-state index in [9.17, 15) is 4.79 Å². The molecule has 1 N–H and O–H groups in total. The fourth-order valence-electron chi connectivity index (χ4n) is 3.14. The van der Waals surface area contributed by atoms with Gasteiger partial charge in [-0.25, -0.2) is 0 Å². The van der Waals surface area contributed by atoms with Gasteiger partial charge in [0, 0.05) is 69.3 Å². The zero-order chi connectivity index (χ0) is 17.6. The number of piperazine rings is 1. The lowest BCUT2D eigenvalue weighted by atomic mass is 10.1. The molecule has 0 bridgehead atoms. The number of benzene rings is 1. The molecule has 0 atom stereocenters. The number of nitrogens with zero attached hydrogens (tertiary/aromatic N) is 3. The lowest BCUT2D eigenvalue weighted by Crippen LogP contribution is -2.43. The molecule has 0 aliphatic carbocycles. The Morgan fingerprint density at radius 3 is 2.76 bits per heavy atom. The van der Waals surface area contributed by atoms with Crippen LogP contribution < -0.4 is 10.2 Å². The number of amides is 1. The molecule has 0 unspecified atom stereocenters. The van der Waals surface area contributed by atoms with E-state index >= 15 is 0 Å². The third-order valence-electron chi connectivity index (χ3n) is 4.57. The van der Waals surface area contributed by atoms with Gasteiger partial charge in [0.15, 0.2) is 0 Å². The van der Waals surface area contributed by atoms with E-state index in [0.717, 1.165) is 55.1 Å². The van der Waals surface area contributed by atoms with Crippen LogP contribution in [-0.4, -0.2) is 55.6 Å². The first kappa shape index (κ1) is 17.4. The summed E-state index contributed by atoms with van der Waals surface area (Å²) in [6.07, 6.45) is 2.55. The molecule has 1 aliphatic heterocycles. The summed E-state index contributed by atoms with van der Waals surface area (Å²) in [6, 6.07) is 12.0. The van der Waals surface area contributed by atoms with Crippen molar-refractivity contribution in [2.75, 3.05) is 44.7 Å². The maximum Gasteiger partial charge on any atom is 0.253 e. The highest BCUT2D eigenvalue weighted by molar-refractivity contribution is 5.95. The highest BCUT2D eigenvalue weighted by Crippen LogP contribution is 2.20. The van der Waals surface area contributed by atoms with Crippen LogP contribution in [0, 0.1) is 6.92 Å². The van der Waals surface area contributed by atoms with Gasteiger partial charge in [0.1, 0.15) is 0 Å². The molecule has 1 aromatic heterocycles. The van der Waals surface area contributed by atoms with E-state index in [4.69, 9.17) is 0 Å². The minimum atomic E-state index is 0.0658. The zero-order valence-corrected chi connectivity index (χ0v) is 15.0. The zero-order valence-electron chi connectivity index (χ0n) is 15.0. The summed E-state index contributed by atoms with van der Waals surface area (Å²) in [6.45, 7) is 6.64. The molecule has 2 heterocycles. The molecule has 0 radical (unpaired) electrons. The Kier molecular flexibility index (Phi) is 5.66. The van der Waals surface area contributed by atoms with Crippen molar-refractivity contribution < 1.29 is 4.79 Å². The summed E-state index contributed by atoms with van der Waals surface area (Å²) in [5.74, 6) is 0.0658. The van der Waals surface area contributed by atoms with E-state index < -0.39 is 0 Å². The summed E-state index contributed by atoms with van der Waals surface area (Å²) < 4.78 is 0. The Morgan fingerprint density at radius 1 is 1.24 bits per heavy atom. The van der Waals surface area contributed by atoms with Crippen molar-refractivity contribution >= 4 is 11.6 Å². The van der Waals surface area contributed by atoms with Gasteiger partial charge < -0.3 is 15.1 Å². The molecule has 1 fully saturated rings. The van der Waals surface area contributed by atoms with Gasteiger partial charge in [0.25, 0.3) is 5.91 Å². The molecule has 132 valence electrons. The van der Waals surface area contributed by atoms with Crippen molar-refractivity contribution in [3.63, 3.8) is 0 Å². The highest BCUT2D eigenvalue weighted by atomic mass is 16.2. The number of aryl methyl sites for hydroxylation is 1. The summed E-state index contributed by atoms with van der Waals surface area (Å²) in [5, 5.41) is 3.36. The molecule has 5 heteroatoms. The van der Waals surface area contributed by atoms with Crippen LogP contribution in [0.3, 0.4) is 0 Å². The molecule has 1 saturated heterocycles. The van der Waals surface area contributed by atoms with Crippen LogP contribution in [0.4, 0.5) is 5.69 Å². The van der Waals surface area contributed by atoms with Gasteiger partial charge in [0.05, 0.1) is 0 Å². The fourth-order valence-corrected chi connectivity index (χ4v) is 3.14. The van der Waals surface area contributed by atoms with Crippen LogP contribution in [0.1, 0.15) is 21.6 Å². The molecular formula is C20H26N4O.